The number of ether oxygens (including phenoxy) is 1. The molecule has 0 spiro atoms. The number of nitrogens with zero attached hydrogens (tertiary/aromatic N) is 5. The first-order chi connectivity index (χ1) is 17.6. The second-order valence-corrected chi connectivity index (χ2v) is 9.07. The van der Waals surface area contributed by atoms with Crippen LogP contribution in [0.3, 0.4) is 0 Å². The fraction of sp³-hybridized carbons (Fsp3) is 0.292. The molecule has 0 bridgehead atoms. The van der Waals surface area contributed by atoms with Crippen molar-refractivity contribution in [3.8, 4) is 22.8 Å². The first kappa shape index (κ1) is 24.4. The molecule has 4 aromatic rings. The summed E-state index contributed by atoms with van der Waals surface area (Å²) in [4.78, 5) is 13.2. The lowest BCUT2D eigenvalue weighted by Gasteiger charge is -2.18. The van der Waals surface area contributed by atoms with Gasteiger partial charge in [-0.3, -0.25) is 4.79 Å². The van der Waals surface area contributed by atoms with Crippen molar-refractivity contribution in [2.75, 3.05) is 5.32 Å². The number of carbonyl (C=O) groups is 1. The van der Waals surface area contributed by atoms with Crippen LogP contribution >= 0.6 is 0 Å². The number of carbonyl (C=O) groups excluding carboxylic acids is 1. The molecule has 192 valence electrons. The van der Waals surface area contributed by atoms with Gasteiger partial charge < -0.3 is 10.1 Å². The van der Waals surface area contributed by atoms with Gasteiger partial charge in [-0.05, 0) is 53.8 Å². The maximum absolute atomic E-state index is 14.7. The molecule has 37 heavy (non-hydrogen) atoms. The van der Waals surface area contributed by atoms with E-state index < -0.39 is 29.3 Å². The average Bonchev–Trinajstić information content (AvgIpc) is 3.22. The number of H-pyrrole nitrogens is 1. The second kappa shape index (κ2) is 8.98. The van der Waals surface area contributed by atoms with Crippen LogP contribution < -0.4 is 10.1 Å². The molecule has 2 N–H and O–H groups in total. The lowest BCUT2D eigenvalue weighted by atomic mass is 9.94. The van der Waals surface area contributed by atoms with Crippen molar-refractivity contribution in [1.29, 1.82) is 0 Å². The van der Waals surface area contributed by atoms with Crippen LogP contribution in [0.25, 0.3) is 17.1 Å². The summed E-state index contributed by atoms with van der Waals surface area (Å²) in [6.45, 7) is 4.10. The second-order valence-electron chi connectivity index (χ2n) is 9.07. The highest BCUT2D eigenvalue weighted by molar-refractivity contribution is 6.02. The number of tetrazole rings is 1. The smallest absolute Gasteiger partial charge is 0.406 e. The van der Waals surface area contributed by atoms with E-state index in [0.29, 0.717) is 35.8 Å². The molecule has 9 nitrogen and oxygen atoms in total. The standard InChI is InChI=1S/C24H21F4N7O2/c1-13(2)14-11-29-35(12-14)20-6-3-15(9-17(20)21-31-33-34-32-21)30-22(36)23(7-8-23)18-5-4-16(10-19(18)25)37-24(26,27)28/h3-6,9-13H,7-8H2,1-2H3,(H,30,36)(H,31,32,33,34). The van der Waals surface area contributed by atoms with Gasteiger partial charge in [0.05, 0.1) is 22.9 Å². The minimum Gasteiger partial charge on any atom is -0.406 e. The van der Waals surface area contributed by atoms with Crippen molar-refractivity contribution < 1.29 is 27.1 Å². The highest BCUT2D eigenvalue weighted by Crippen LogP contribution is 2.50. The van der Waals surface area contributed by atoms with Gasteiger partial charge in [-0.2, -0.15) is 10.3 Å². The first-order valence-corrected chi connectivity index (χ1v) is 11.4. The molecule has 13 heteroatoms. The van der Waals surface area contributed by atoms with Crippen LogP contribution in [0.4, 0.5) is 23.2 Å². The Hall–Kier alpha value is -4.29. The van der Waals surface area contributed by atoms with E-state index in [0.717, 1.165) is 17.7 Å². The minimum absolute atomic E-state index is 0.00675. The Labute approximate surface area is 207 Å². The van der Waals surface area contributed by atoms with Gasteiger partial charge in [0.25, 0.3) is 0 Å². The maximum Gasteiger partial charge on any atom is 0.573 e. The van der Waals surface area contributed by atoms with Gasteiger partial charge >= 0.3 is 6.36 Å². The lowest BCUT2D eigenvalue weighted by molar-refractivity contribution is -0.274. The van der Waals surface area contributed by atoms with E-state index in [1.807, 2.05) is 20.0 Å². The van der Waals surface area contributed by atoms with Crippen molar-refractivity contribution in [3.05, 3.63) is 65.7 Å². The summed E-state index contributed by atoms with van der Waals surface area (Å²) in [7, 11) is 0. The fourth-order valence-electron chi connectivity index (χ4n) is 4.11. The molecule has 5 rings (SSSR count). The van der Waals surface area contributed by atoms with Crippen LogP contribution in [0.1, 0.15) is 43.7 Å². The molecule has 0 atom stereocenters. The Morgan fingerprint density at radius 3 is 2.57 bits per heavy atom. The third-order valence-corrected chi connectivity index (χ3v) is 6.23. The van der Waals surface area contributed by atoms with Crippen molar-refractivity contribution in [1.82, 2.24) is 30.4 Å². The van der Waals surface area contributed by atoms with Crippen LogP contribution in [-0.4, -0.2) is 42.7 Å². The van der Waals surface area contributed by atoms with E-state index in [9.17, 15) is 22.4 Å². The van der Waals surface area contributed by atoms with E-state index in [-0.39, 0.29) is 17.3 Å². The Morgan fingerprint density at radius 1 is 1.19 bits per heavy atom. The Bertz CT molecular complexity index is 1440. The van der Waals surface area contributed by atoms with Crippen LogP contribution in [0, 0.1) is 5.82 Å². The largest absolute Gasteiger partial charge is 0.573 e. The summed E-state index contributed by atoms with van der Waals surface area (Å²) < 4.78 is 57.6. The van der Waals surface area contributed by atoms with E-state index >= 15 is 0 Å². The Morgan fingerprint density at radius 2 is 1.97 bits per heavy atom. The zero-order chi connectivity index (χ0) is 26.4. The molecule has 1 aliphatic rings. The highest BCUT2D eigenvalue weighted by Gasteiger charge is 2.53. The molecule has 2 heterocycles. The molecule has 0 saturated heterocycles. The monoisotopic (exact) mass is 515 g/mol. The van der Waals surface area contributed by atoms with Gasteiger partial charge in [0, 0.05) is 23.5 Å². The SMILES string of the molecule is CC(C)c1cnn(-c2ccc(NC(=O)C3(c4ccc(OC(F)(F)F)cc4F)CC3)cc2-c2nn[nH]n2)c1. The maximum atomic E-state index is 14.7. The van der Waals surface area contributed by atoms with E-state index in [2.05, 4.69) is 35.8 Å². The molecule has 1 aliphatic carbocycles. The molecular weight excluding hydrogens is 494 g/mol. The number of anilines is 1. The van der Waals surface area contributed by atoms with Crippen LogP contribution in [-0.2, 0) is 10.2 Å². The summed E-state index contributed by atoms with van der Waals surface area (Å²) >= 11 is 0. The van der Waals surface area contributed by atoms with Crippen molar-refractivity contribution in [3.63, 3.8) is 0 Å². The topological polar surface area (TPSA) is 111 Å². The fourth-order valence-corrected chi connectivity index (χ4v) is 4.11. The van der Waals surface area contributed by atoms with Gasteiger partial charge in [-0.1, -0.05) is 19.9 Å². The van der Waals surface area contributed by atoms with E-state index in [1.54, 1.807) is 29.1 Å². The third-order valence-electron chi connectivity index (χ3n) is 6.23. The van der Waals surface area contributed by atoms with Crippen molar-refractivity contribution in [2.45, 2.75) is 44.4 Å². The molecule has 0 unspecified atom stereocenters. The zero-order valence-electron chi connectivity index (χ0n) is 19.7. The van der Waals surface area contributed by atoms with E-state index in [1.165, 1.54) is 0 Å². The summed E-state index contributed by atoms with van der Waals surface area (Å²) in [5.74, 6) is -1.57. The number of amides is 1. The van der Waals surface area contributed by atoms with Gasteiger partial charge in [0.2, 0.25) is 11.7 Å². The molecule has 2 aromatic heterocycles. The van der Waals surface area contributed by atoms with Crippen LogP contribution in [0.2, 0.25) is 0 Å². The number of halogens is 4. The molecule has 0 radical (unpaired) electrons. The van der Waals surface area contributed by atoms with Crippen LogP contribution in [0.5, 0.6) is 5.75 Å². The number of hydrogen-bond donors (Lipinski definition) is 2. The number of hydrogen-bond acceptors (Lipinski definition) is 6. The number of aromatic amines is 1. The van der Waals surface area contributed by atoms with E-state index in [4.69, 9.17) is 0 Å². The van der Waals surface area contributed by atoms with Gasteiger partial charge in [0.1, 0.15) is 11.6 Å². The number of alkyl halides is 3. The first-order valence-electron chi connectivity index (χ1n) is 11.4. The molecule has 1 fully saturated rings. The quantitative estimate of drug-likeness (QED) is 0.340. The average molecular weight is 515 g/mol. The zero-order valence-corrected chi connectivity index (χ0v) is 19.7. The van der Waals surface area contributed by atoms with Crippen LogP contribution in [0.15, 0.2) is 48.8 Å². The molecule has 0 aliphatic heterocycles. The van der Waals surface area contributed by atoms with Gasteiger partial charge in [-0.25, -0.2) is 9.07 Å². The molecule has 1 amide bonds. The summed E-state index contributed by atoms with van der Waals surface area (Å²) in [6, 6.07) is 7.84. The van der Waals surface area contributed by atoms with Gasteiger partial charge in [0.15, 0.2) is 0 Å². The highest BCUT2D eigenvalue weighted by atomic mass is 19.4. The predicted molar refractivity (Wildman–Crippen MR) is 123 cm³/mol. The molecular formula is C24H21F4N7O2. The summed E-state index contributed by atoms with van der Waals surface area (Å²) in [5, 5.41) is 21.3. The molecule has 1 saturated carbocycles. The summed E-state index contributed by atoms with van der Waals surface area (Å²) in [5.41, 5.74) is 1.43. The Balaban J connectivity index is 1.43. The summed E-state index contributed by atoms with van der Waals surface area (Å²) in [6.07, 6.45) is -0.614. The Kier molecular flexibility index (Phi) is 5.92. The number of nitrogens with one attached hydrogen (secondary N) is 2. The lowest BCUT2D eigenvalue weighted by Crippen LogP contribution is -2.29. The third kappa shape index (κ3) is 4.88. The van der Waals surface area contributed by atoms with Crippen molar-refractivity contribution >= 4 is 11.6 Å². The van der Waals surface area contributed by atoms with Crippen molar-refractivity contribution in [2.24, 2.45) is 0 Å². The number of rotatable bonds is 7. The normalized spacial score (nSPS) is 14.6. The van der Waals surface area contributed by atoms with Gasteiger partial charge in [-0.15, -0.1) is 23.4 Å². The minimum atomic E-state index is -4.95. The number of benzene rings is 2. The number of aromatic nitrogens is 6. The molecule has 2 aromatic carbocycles. The predicted octanol–water partition coefficient (Wildman–Crippen LogP) is 4.88.